The number of aromatic nitrogens is 1. The minimum absolute atomic E-state index is 0.267. The number of halogens is 2. The molecular formula is C11H15Cl2NO. The van der Waals surface area contributed by atoms with E-state index in [-0.39, 0.29) is 6.10 Å². The summed E-state index contributed by atoms with van der Waals surface area (Å²) >= 11 is 11.8. The molecule has 0 saturated carbocycles. The van der Waals surface area contributed by atoms with Crippen LogP contribution in [0.15, 0.2) is 6.07 Å². The number of aliphatic hydroxyl groups is 1. The molecule has 1 unspecified atom stereocenters. The minimum Gasteiger partial charge on any atom is -0.393 e. The molecule has 0 radical (unpaired) electrons. The molecule has 0 aliphatic carbocycles. The van der Waals surface area contributed by atoms with Crippen molar-refractivity contribution in [2.45, 2.75) is 39.2 Å². The molecular weight excluding hydrogens is 233 g/mol. The molecule has 0 aliphatic heterocycles. The molecule has 1 N–H and O–H groups in total. The van der Waals surface area contributed by atoms with Crippen LogP contribution in [0.3, 0.4) is 0 Å². The van der Waals surface area contributed by atoms with Crippen molar-refractivity contribution < 1.29 is 5.11 Å². The molecule has 4 heteroatoms. The topological polar surface area (TPSA) is 33.1 Å². The summed E-state index contributed by atoms with van der Waals surface area (Å²) in [6.45, 7) is 3.91. The minimum atomic E-state index is -0.267. The number of pyridine rings is 1. The van der Waals surface area contributed by atoms with Crippen molar-refractivity contribution in [1.29, 1.82) is 0 Å². The van der Waals surface area contributed by atoms with Crippen molar-refractivity contribution in [3.05, 3.63) is 27.5 Å². The maximum absolute atomic E-state index is 9.47. The lowest BCUT2D eigenvalue weighted by Gasteiger charge is -2.10. The molecule has 0 spiro atoms. The maximum atomic E-state index is 9.47. The van der Waals surface area contributed by atoms with Crippen LogP contribution < -0.4 is 0 Å². The maximum Gasteiger partial charge on any atom is 0.134 e. The lowest BCUT2D eigenvalue weighted by Crippen LogP contribution is -2.07. The summed E-state index contributed by atoms with van der Waals surface area (Å²) in [6.07, 6.45) is 1.94. The van der Waals surface area contributed by atoms with Gasteiger partial charge in [-0.3, -0.25) is 0 Å². The van der Waals surface area contributed by atoms with Crippen LogP contribution in [0.25, 0.3) is 0 Å². The molecule has 2 nitrogen and oxygen atoms in total. The van der Waals surface area contributed by atoms with Gasteiger partial charge >= 0.3 is 0 Å². The van der Waals surface area contributed by atoms with Crippen LogP contribution in [0.4, 0.5) is 0 Å². The van der Waals surface area contributed by atoms with E-state index in [0.29, 0.717) is 16.7 Å². The average Bonchev–Trinajstić information content (AvgIpc) is 2.15. The quantitative estimate of drug-likeness (QED) is 0.828. The van der Waals surface area contributed by atoms with E-state index in [9.17, 15) is 5.11 Å². The third kappa shape index (κ3) is 3.63. The summed E-state index contributed by atoms with van der Waals surface area (Å²) in [5.41, 5.74) is 2.01. The molecule has 84 valence electrons. The van der Waals surface area contributed by atoms with Gasteiger partial charge in [-0.2, -0.15) is 0 Å². The first-order valence-electron chi connectivity index (χ1n) is 5.04. The fourth-order valence-electron chi connectivity index (χ4n) is 1.44. The molecule has 0 aliphatic rings. The monoisotopic (exact) mass is 247 g/mol. The number of aliphatic hydroxyl groups excluding tert-OH is 1. The van der Waals surface area contributed by atoms with Gasteiger partial charge in [0.05, 0.1) is 6.10 Å². The first-order chi connectivity index (χ1) is 7.04. The van der Waals surface area contributed by atoms with Crippen LogP contribution in [0, 0.1) is 6.92 Å². The lowest BCUT2D eigenvalue weighted by atomic mass is 10.0. The van der Waals surface area contributed by atoms with Gasteiger partial charge < -0.3 is 5.11 Å². The second-order valence-corrected chi connectivity index (χ2v) is 4.38. The summed E-state index contributed by atoms with van der Waals surface area (Å²) in [7, 11) is 0. The van der Waals surface area contributed by atoms with Gasteiger partial charge in [-0.15, -0.1) is 0 Å². The molecule has 0 fully saturated rings. The first kappa shape index (κ1) is 12.8. The molecule has 0 amide bonds. The summed E-state index contributed by atoms with van der Waals surface area (Å²) < 4.78 is 0. The van der Waals surface area contributed by atoms with Crippen LogP contribution in [-0.4, -0.2) is 16.2 Å². The van der Waals surface area contributed by atoms with E-state index in [1.807, 2.05) is 13.8 Å². The highest BCUT2D eigenvalue weighted by atomic mass is 35.5. The largest absolute Gasteiger partial charge is 0.393 e. The molecule has 1 atom stereocenters. The van der Waals surface area contributed by atoms with Gasteiger partial charge in [0.25, 0.3) is 0 Å². The van der Waals surface area contributed by atoms with Gasteiger partial charge in [-0.25, -0.2) is 4.98 Å². The molecule has 0 bridgehead atoms. The van der Waals surface area contributed by atoms with E-state index in [1.54, 1.807) is 6.07 Å². The van der Waals surface area contributed by atoms with Gasteiger partial charge in [0.2, 0.25) is 0 Å². The highest BCUT2D eigenvalue weighted by Crippen LogP contribution is 2.23. The molecule has 1 heterocycles. The van der Waals surface area contributed by atoms with E-state index in [1.165, 1.54) is 0 Å². The Kier molecular flexibility index (Phi) is 4.84. The predicted octanol–water partition coefficient (Wildman–Crippen LogP) is 3.40. The van der Waals surface area contributed by atoms with Crippen molar-refractivity contribution in [2.24, 2.45) is 0 Å². The third-order valence-corrected chi connectivity index (χ3v) is 2.97. The summed E-state index contributed by atoms with van der Waals surface area (Å²) in [5, 5.41) is 10.3. The molecule has 0 aromatic carbocycles. The van der Waals surface area contributed by atoms with Crippen molar-refractivity contribution in [2.75, 3.05) is 0 Å². The van der Waals surface area contributed by atoms with Crippen LogP contribution in [0.5, 0.6) is 0 Å². The standard InChI is InChI=1S/C11H15Cl2NO/c1-3-8(15)4-5-9-7(2)6-10(12)14-11(9)13/h6,8,15H,3-5H2,1-2H3. The third-order valence-electron chi connectivity index (χ3n) is 2.46. The SMILES string of the molecule is CCC(O)CCc1c(C)cc(Cl)nc1Cl. The zero-order valence-electron chi connectivity index (χ0n) is 8.93. The Balaban J connectivity index is 2.77. The molecule has 1 rings (SSSR count). The van der Waals surface area contributed by atoms with Crippen LogP contribution in [0.1, 0.15) is 30.9 Å². The van der Waals surface area contributed by atoms with E-state index >= 15 is 0 Å². The van der Waals surface area contributed by atoms with Crippen molar-refractivity contribution in [1.82, 2.24) is 4.98 Å². The summed E-state index contributed by atoms with van der Waals surface area (Å²) in [5.74, 6) is 0. The fraction of sp³-hybridized carbons (Fsp3) is 0.545. The van der Waals surface area contributed by atoms with E-state index in [0.717, 1.165) is 24.0 Å². The molecule has 1 aromatic heterocycles. The molecule has 1 aromatic rings. The zero-order valence-corrected chi connectivity index (χ0v) is 10.4. The Bertz CT molecular complexity index is 318. The van der Waals surface area contributed by atoms with E-state index < -0.39 is 0 Å². The number of aryl methyl sites for hydroxylation is 1. The highest BCUT2D eigenvalue weighted by Gasteiger charge is 2.09. The summed E-state index contributed by atoms with van der Waals surface area (Å²) in [6, 6.07) is 1.79. The number of nitrogens with zero attached hydrogens (tertiary/aromatic N) is 1. The van der Waals surface area contributed by atoms with Gasteiger partial charge in [-0.1, -0.05) is 30.1 Å². The highest BCUT2D eigenvalue weighted by molar-refractivity contribution is 6.33. The van der Waals surface area contributed by atoms with Crippen LogP contribution in [0.2, 0.25) is 10.3 Å². The number of hydrogen-bond donors (Lipinski definition) is 1. The smallest absolute Gasteiger partial charge is 0.134 e. The Morgan fingerprint density at radius 2 is 2.13 bits per heavy atom. The Morgan fingerprint density at radius 3 is 2.67 bits per heavy atom. The molecule has 0 saturated heterocycles. The second-order valence-electron chi connectivity index (χ2n) is 3.63. The van der Waals surface area contributed by atoms with Crippen LogP contribution in [-0.2, 0) is 6.42 Å². The van der Waals surface area contributed by atoms with Gasteiger partial charge in [0.15, 0.2) is 0 Å². The lowest BCUT2D eigenvalue weighted by molar-refractivity contribution is 0.160. The predicted molar refractivity (Wildman–Crippen MR) is 63.6 cm³/mol. The summed E-state index contributed by atoms with van der Waals surface area (Å²) in [4.78, 5) is 3.99. The van der Waals surface area contributed by atoms with Gasteiger partial charge in [0, 0.05) is 0 Å². The van der Waals surface area contributed by atoms with Crippen molar-refractivity contribution in [3.8, 4) is 0 Å². The second kappa shape index (κ2) is 5.69. The number of rotatable bonds is 4. The fourth-order valence-corrected chi connectivity index (χ4v) is 2.06. The van der Waals surface area contributed by atoms with Crippen LogP contribution >= 0.6 is 23.2 Å². The first-order valence-corrected chi connectivity index (χ1v) is 5.79. The van der Waals surface area contributed by atoms with E-state index in [4.69, 9.17) is 23.2 Å². The number of hydrogen-bond acceptors (Lipinski definition) is 2. The van der Waals surface area contributed by atoms with Crippen molar-refractivity contribution >= 4 is 23.2 Å². The Labute approximate surface area is 100 Å². The Morgan fingerprint density at radius 1 is 1.47 bits per heavy atom. The van der Waals surface area contributed by atoms with Crippen molar-refractivity contribution in [3.63, 3.8) is 0 Å². The Hall–Kier alpha value is -0.310. The average molecular weight is 248 g/mol. The van der Waals surface area contributed by atoms with Gasteiger partial charge in [-0.05, 0) is 43.4 Å². The molecule has 15 heavy (non-hydrogen) atoms. The van der Waals surface area contributed by atoms with Gasteiger partial charge in [0.1, 0.15) is 10.3 Å². The van der Waals surface area contributed by atoms with E-state index in [2.05, 4.69) is 4.98 Å². The normalized spacial score (nSPS) is 12.9. The zero-order chi connectivity index (χ0) is 11.4.